The fourth-order valence-electron chi connectivity index (χ4n) is 4.42. The number of carbonyl (C=O) groups is 2. The van der Waals surface area contributed by atoms with Crippen molar-refractivity contribution in [2.45, 2.75) is 31.8 Å². The number of nitrogens with one attached hydrogen (secondary N) is 1. The molecule has 7 nitrogen and oxygen atoms in total. The summed E-state index contributed by atoms with van der Waals surface area (Å²) in [5.41, 5.74) is 1.41. The number of aliphatic carboxylic acids is 1. The number of hydrogen-bond donors (Lipinski definition) is 2. The van der Waals surface area contributed by atoms with Crippen molar-refractivity contribution in [3.05, 3.63) is 126 Å². The van der Waals surface area contributed by atoms with E-state index in [9.17, 15) is 14.7 Å². The molecule has 41 heavy (non-hydrogen) atoms. The fourth-order valence-corrected chi connectivity index (χ4v) is 4.42. The summed E-state index contributed by atoms with van der Waals surface area (Å²) in [6.45, 7) is 3.03. The van der Waals surface area contributed by atoms with Crippen LogP contribution in [0.25, 0.3) is 0 Å². The minimum atomic E-state index is -1.41. The SMILES string of the molecule is CC(Cc1ccc(OCCCN(C(=O)NCCc2ccccc2)c2ccccc2)cc1)(Oc1ccccc1)C(=O)O. The maximum absolute atomic E-state index is 13.0. The molecule has 0 bridgehead atoms. The maximum Gasteiger partial charge on any atom is 0.348 e. The molecule has 0 aliphatic heterocycles. The van der Waals surface area contributed by atoms with Gasteiger partial charge in [0, 0.05) is 25.2 Å². The molecule has 0 radical (unpaired) electrons. The van der Waals surface area contributed by atoms with E-state index in [0.717, 1.165) is 17.7 Å². The zero-order valence-electron chi connectivity index (χ0n) is 23.2. The van der Waals surface area contributed by atoms with E-state index in [1.807, 2.05) is 91.0 Å². The average molecular weight is 553 g/mol. The first-order valence-corrected chi connectivity index (χ1v) is 13.8. The number of benzene rings is 4. The molecule has 4 aromatic carbocycles. The molecule has 0 aliphatic rings. The van der Waals surface area contributed by atoms with Crippen LogP contribution in [0.15, 0.2) is 115 Å². The highest BCUT2D eigenvalue weighted by molar-refractivity contribution is 5.91. The molecule has 0 aliphatic carbocycles. The summed E-state index contributed by atoms with van der Waals surface area (Å²) in [5.74, 6) is 0.147. The van der Waals surface area contributed by atoms with Crippen molar-refractivity contribution in [1.29, 1.82) is 0 Å². The molecule has 0 heterocycles. The minimum Gasteiger partial charge on any atom is -0.494 e. The van der Waals surface area contributed by atoms with E-state index in [1.54, 1.807) is 36.1 Å². The van der Waals surface area contributed by atoms with Crippen LogP contribution in [0, 0.1) is 0 Å². The standard InChI is InChI=1S/C34H36N2O5/c1-34(32(37)38,41-31-16-9-4-10-17-31)26-28-18-20-30(21-19-28)40-25-11-24-36(29-14-7-3-8-15-29)33(39)35-23-22-27-12-5-2-6-13-27/h2-10,12-21H,11,22-26H2,1H3,(H,35,39)(H,37,38). The van der Waals surface area contributed by atoms with Crippen LogP contribution in [0.4, 0.5) is 10.5 Å². The Labute approximate surface area is 241 Å². The van der Waals surface area contributed by atoms with Gasteiger partial charge in [-0.25, -0.2) is 9.59 Å². The second-order valence-electron chi connectivity index (χ2n) is 9.93. The molecule has 1 atom stereocenters. The van der Waals surface area contributed by atoms with Gasteiger partial charge in [-0.2, -0.15) is 0 Å². The Morgan fingerprint density at radius 3 is 2.02 bits per heavy atom. The first-order chi connectivity index (χ1) is 19.9. The lowest BCUT2D eigenvalue weighted by Gasteiger charge is -2.26. The maximum atomic E-state index is 13.0. The van der Waals surface area contributed by atoms with Crippen molar-refractivity contribution >= 4 is 17.7 Å². The molecule has 0 saturated carbocycles. The molecule has 0 aromatic heterocycles. The van der Waals surface area contributed by atoms with Gasteiger partial charge in [-0.3, -0.25) is 4.90 Å². The molecule has 4 rings (SSSR count). The number of nitrogens with zero attached hydrogens (tertiary/aromatic N) is 1. The number of para-hydroxylation sites is 2. The topological polar surface area (TPSA) is 88.1 Å². The molecule has 0 spiro atoms. The number of carbonyl (C=O) groups excluding carboxylic acids is 1. The van der Waals surface area contributed by atoms with Crippen molar-refractivity contribution in [1.82, 2.24) is 5.32 Å². The molecular weight excluding hydrogens is 516 g/mol. The summed E-state index contributed by atoms with van der Waals surface area (Å²) < 4.78 is 11.8. The predicted molar refractivity (Wildman–Crippen MR) is 161 cm³/mol. The smallest absolute Gasteiger partial charge is 0.348 e. The van der Waals surface area contributed by atoms with Crippen molar-refractivity contribution < 1.29 is 24.2 Å². The van der Waals surface area contributed by atoms with Crippen molar-refractivity contribution in [2.24, 2.45) is 0 Å². The van der Waals surface area contributed by atoms with E-state index in [2.05, 4.69) is 5.32 Å². The summed E-state index contributed by atoms with van der Waals surface area (Å²) in [6.07, 6.45) is 1.59. The fraction of sp³-hybridized carbons (Fsp3) is 0.235. The quantitative estimate of drug-likeness (QED) is 0.177. The average Bonchev–Trinajstić information content (AvgIpc) is 2.99. The number of carboxylic acid groups (broad SMARTS) is 1. The summed E-state index contributed by atoms with van der Waals surface area (Å²) >= 11 is 0. The van der Waals surface area contributed by atoms with Gasteiger partial charge < -0.3 is 19.9 Å². The molecule has 4 aromatic rings. The summed E-state index contributed by atoms with van der Waals surface area (Å²) in [6, 6.07) is 35.8. The molecule has 0 saturated heterocycles. The number of hydrogen-bond acceptors (Lipinski definition) is 4. The Kier molecular flexibility index (Phi) is 10.4. The van der Waals surface area contributed by atoms with E-state index in [0.29, 0.717) is 37.6 Å². The molecule has 7 heteroatoms. The van der Waals surface area contributed by atoms with E-state index in [1.165, 1.54) is 5.56 Å². The highest BCUT2D eigenvalue weighted by Crippen LogP contribution is 2.24. The summed E-state index contributed by atoms with van der Waals surface area (Å²) in [4.78, 5) is 26.8. The lowest BCUT2D eigenvalue weighted by atomic mass is 9.96. The van der Waals surface area contributed by atoms with E-state index < -0.39 is 11.6 Å². The number of anilines is 1. The third-order valence-electron chi connectivity index (χ3n) is 6.64. The lowest BCUT2D eigenvalue weighted by molar-refractivity contribution is -0.153. The molecular formula is C34H36N2O5. The Bertz CT molecular complexity index is 1360. The van der Waals surface area contributed by atoms with Crippen LogP contribution in [-0.2, 0) is 17.6 Å². The molecule has 1 unspecified atom stereocenters. The summed E-state index contributed by atoms with van der Waals surface area (Å²) in [5, 5.41) is 12.9. The third-order valence-corrected chi connectivity index (χ3v) is 6.64. The van der Waals surface area contributed by atoms with Gasteiger partial charge in [-0.05, 0) is 67.3 Å². The van der Waals surface area contributed by atoms with Crippen LogP contribution in [0.5, 0.6) is 11.5 Å². The van der Waals surface area contributed by atoms with Gasteiger partial charge in [0.2, 0.25) is 5.60 Å². The molecule has 2 amide bonds. The van der Waals surface area contributed by atoms with Crippen LogP contribution in [0.3, 0.4) is 0 Å². The predicted octanol–water partition coefficient (Wildman–Crippen LogP) is 6.38. The van der Waals surface area contributed by atoms with Crippen LogP contribution < -0.4 is 19.7 Å². The van der Waals surface area contributed by atoms with E-state index in [-0.39, 0.29) is 12.5 Å². The Morgan fingerprint density at radius 2 is 1.39 bits per heavy atom. The van der Waals surface area contributed by atoms with Crippen molar-refractivity contribution in [3.63, 3.8) is 0 Å². The lowest BCUT2D eigenvalue weighted by Crippen LogP contribution is -2.43. The zero-order valence-corrected chi connectivity index (χ0v) is 23.2. The highest BCUT2D eigenvalue weighted by atomic mass is 16.5. The van der Waals surface area contributed by atoms with Gasteiger partial charge in [0.1, 0.15) is 11.5 Å². The number of ether oxygens (including phenoxy) is 2. The second kappa shape index (κ2) is 14.6. The van der Waals surface area contributed by atoms with Gasteiger partial charge in [-0.15, -0.1) is 0 Å². The van der Waals surface area contributed by atoms with Crippen LogP contribution in [-0.4, -0.2) is 42.4 Å². The first kappa shape index (κ1) is 29.2. The van der Waals surface area contributed by atoms with Gasteiger partial charge >= 0.3 is 12.0 Å². The zero-order chi connectivity index (χ0) is 28.9. The molecule has 0 fully saturated rings. The van der Waals surface area contributed by atoms with Crippen molar-refractivity contribution in [2.75, 3.05) is 24.6 Å². The molecule has 2 N–H and O–H groups in total. The number of rotatable bonds is 14. The van der Waals surface area contributed by atoms with Crippen LogP contribution >= 0.6 is 0 Å². The minimum absolute atomic E-state index is 0.143. The summed E-state index contributed by atoms with van der Waals surface area (Å²) in [7, 11) is 0. The van der Waals surface area contributed by atoms with Crippen LogP contribution in [0.2, 0.25) is 0 Å². The number of urea groups is 1. The molecule has 212 valence electrons. The number of amides is 2. The van der Waals surface area contributed by atoms with Gasteiger partial charge in [-0.1, -0.05) is 78.9 Å². The van der Waals surface area contributed by atoms with Gasteiger partial charge in [0.25, 0.3) is 0 Å². The Hall–Kier alpha value is -4.78. The Morgan fingerprint density at radius 1 is 0.780 bits per heavy atom. The van der Waals surface area contributed by atoms with E-state index >= 15 is 0 Å². The van der Waals surface area contributed by atoms with Crippen molar-refractivity contribution in [3.8, 4) is 11.5 Å². The monoisotopic (exact) mass is 552 g/mol. The second-order valence-corrected chi connectivity index (χ2v) is 9.93. The van der Waals surface area contributed by atoms with E-state index in [4.69, 9.17) is 9.47 Å². The third kappa shape index (κ3) is 8.86. The number of carboxylic acids is 1. The Balaban J connectivity index is 1.28. The largest absolute Gasteiger partial charge is 0.494 e. The normalized spacial score (nSPS) is 12.1. The van der Waals surface area contributed by atoms with Gasteiger partial charge in [0.05, 0.1) is 6.61 Å². The first-order valence-electron chi connectivity index (χ1n) is 13.8. The van der Waals surface area contributed by atoms with Crippen LogP contribution in [0.1, 0.15) is 24.5 Å². The van der Waals surface area contributed by atoms with Gasteiger partial charge in [0.15, 0.2) is 0 Å². The highest BCUT2D eigenvalue weighted by Gasteiger charge is 2.36.